The molecule has 1 aromatic carbocycles. The van der Waals surface area contributed by atoms with Gasteiger partial charge < -0.3 is 20.5 Å². The van der Waals surface area contributed by atoms with E-state index in [0.29, 0.717) is 48.4 Å². The minimum absolute atomic E-state index is 0. The van der Waals surface area contributed by atoms with E-state index in [2.05, 4.69) is 5.32 Å². The Bertz CT molecular complexity index is 498. The van der Waals surface area contributed by atoms with Gasteiger partial charge in [-0.15, -0.1) is 12.4 Å². The fourth-order valence-corrected chi connectivity index (χ4v) is 2.36. The van der Waals surface area contributed by atoms with Crippen LogP contribution in [0.25, 0.3) is 0 Å². The molecule has 0 aliphatic carbocycles. The molecule has 0 aromatic heterocycles. The van der Waals surface area contributed by atoms with Crippen LogP contribution < -0.4 is 20.5 Å². The molecule has 0 unspecified atom stereocenters. The second-order valence-electron chi connectivity index (χ2n) is 4.98. The highest BCUT2D eigenvalue weighted by atomic mass is 35.5. The van der Waals surface area contributed by atoms with Gasteiger partial charge in [0, 0.05) is 18.6 Å². The molecular formula is C15H22Cl2N2O3. The monoisotopic (exact) mass is 348 g/mol. The van der Waals surface area contributed by atoms with Gasteiger partial charge in [-0.3, -0.25) is 4.79 Å². The highest BCUT2D eigenvalue weighted by Crippen LogP contribution is 2.37. The van der Waals surface area contributed by atoms with Crippen LogP contribution in [0.1, 0.15) is 32.1 Å². The average Bonchev–Trinajstić information content (AvgIpc) is 2.48. The number of hydrogen-bond donors (Lipinski definition) is 2. The molecule has 1 heterocycles. The molecule has 3 N–H and O–H groups in total. The SMILES string of the molecule is Cl.NCCCCCCC(=O)Nc1cc2c(cc1Cl)OCCO2. The number of rotatable bonds is 7. The molecule has 0 atom stereocenters. The number of fused-ring (bicyclic) bond motifs is 1. The van der Waals surface area contributed by atoms with Crippen molar-refractivity contribution in [2.45, 2.75) is 32.1 Å². The Kier molecular flexibility index (Phi) is 8.38. The van der Waals surface area contributed by atoms with Gasteiger partial charge in [-0.05, 0) is 19.4 Å². The van der Waals surface area contributed by atoms with Crippen molar-refractivity contribution in [3.8, 4) is 11.5 Å². The molecule has 0 radical (unpaired) electrons. The van der Waals surface area contributed by atoms with E-state index in [0.717, 1.165) is 25.7 Å². The quantitative estimate of drug-likeness (QED) is 0.740. The lowest BCUT2D eigenvalue weighted by Gasteiger charge is -2.20. The highest BCUT2D eigenvalue weighted by Gasteiger charge is 2.16. The van der Waals surface area contributed by atoms with Crippen molar-refractivity contribution in [1.29, 1.82) is 0 Å². The topological polar surface area (TPSA) is 73.6 Å². The van der Waals surface area contributed by atoms with Crippen LogP contribution in [0.5, 0.6) is 11.5 Å². The van der Waals surface area contributed by atoms with Crippen LogP contribution in [0, 0.1) is 0 Å². The Labute approximate surface area is 141 Å². The second kappa shape index (κ2) is 9.77. The summed E-state index contributed by atoms with van der Waals surface area (Å²) >= 11 is 6.14. The lowest BCUT2D eigenvalue weighted by Crippen LogP contribution is -2.16. The maximum Gasteiger partial charge on any atom is 0.224 e. The molecule has 1 aromatic rings. The molecule has 2 rings (SSSR count). The van der Waals surface area contributed by atoms with Gasteiger partial charge in [-0.2, -0.15) is 0 Å². The van der Waals surface area contributed by atoms with E-state index in [1.165, 1.54) is 0 Å². The maximum atomic E-state index is 11.9. The molecule has 1 amide bonds. The first-order valence-electron chi connectivity index (χ1n) is 7.30. The Hall–Kier alpha value is -1.17. The molecule has 7 heteroatoms. The fourth-order valence-electron chi connectivity index (χ4n) is 2.16. The summed E-state index contributed by atoms with van der Waals surface area (Å²) in [6.07, 6.45) is 4.42. The van der Waals surface area contributed by atoms with Gasteiger partial charge in [0.25, 0.3) is 0 Å². The molecule has 22 heavy (non-hydrogen) atoms. The second-order valence-corrected chi connectivity index (χ2v) is 5.38. The van der Waals surface area contributed by atoms with E-state index in [1.807, 2.05) is 0 Å². The van der Waals surface area contributed by atoms with E-state index in [-0.39, 0.29) is 18.3 Å². The Morgan fingerprint density at radius 3 is 2.45 bits per heavy atom. The van der Waals surface area contributed by atoms with Crippen LogP contribution in [0.3, 0.4) is 0 Å². The summed E-state index contributed by atoms with van der Waals surface area (Å²) in [5, 5.41) is 3.27. The highest BCUT2D eigenvalue weighted by molar-refractivity contribution is 6.34. The van der Waals surface area contributed by atoms with Crippen LogP contribution in [0.2, 0.25) is 5.02 Å². The molecule has 0 bridgehead atoms. The molecule has 0 fully saturated rings. The maximum absolute atomic E-state index is 11.9. The van der Waals surface area contributed by atoms with Gasteiger partial charge in [0.15, 0.2) is 11.5 Å². The molecule has 5 nitrogen and oxygen atoms in total. The number of nitrogens with one attached hydrogen (secondary N) is 1. The standard InChI is InChI=1S/C15H21ClN2O3.ClH/c16-11-9-13-14(21-8-7-20-13)10-12(11)18-15(19)5-3-1-2-4-6-17;/h9-10H,1-8,17H2,(H,18,19);1H. The van der Waals surface area contributed by atoms with Crippen molar-refractivity contribution in [3.63, 3.8) is 0 Å². The van der Waals surface area contributed by atoms with Crippen molar-refractivity contribution in [2.24, 2.45) is 5.73 Å². The lowest BCUT2D eigenvalue weighted by atomic mass is 10.1. The van der Waals surface area contributed by atoms with Crippen LogP contribution in [-0.2, 0) is 4.79 Å². The van der Waals surface area contributed by atoms with Crippen molar-refractivity contribution in [2.75, 3.05) is 25.1 Å². The lowest BCUT2D eigenvalue weighted by molar-refractivity contribution is -0.116. The van der Waals surface area contributed by atoms with Crippen LogP contribution in [0.15, 0.2) is 12.1 Å². The van der Waals surface area contributed by atoms with Crippen molar-refractivity contribution >= 4 is 35.6 Å². The van der Waals surface area contributed by atoms with Gasteiger partial charge >= 0.3 is 0 Å². The predicted octanol–water partition coefficient (Wildman–Crippen LogP) is 3.38. The number of unbranched alkanes of at least 4 members (excludes halogenated alkanes) is 3. The first kappa shape index (κ1) is 18.9. The number of carbonyl (C=O) groups is 1. The first-order chi connectivity index (χ1) is 10.2. The van der Waals surface area contributed by atoms with Crippen LogP contribution in [-0.4, -0.2) is 25.7 Å². The fraction of sp³-hybridized carbons (Fsp3) is 0.533. The normalized spacial score (nSPS) is 12.5. The zero-order valence-electron chi connectivity index (χ0n) is 12.4. The molecule has 0 spiro atoms. The molecule has 1 aliphatic rings. The minimum atomic E-state index is -0.0404. The summed E-state index contributed by atoms with van der Waals surface area (Å²) in [7, 11) is 0. The zero-order valence-corrected chi connectivity index (χ0v) is 14.0. The predicted molar refractivity (Wildman–Crippen MR) is 90.5 cm³/mol. The van der Waals surface area contributed by atoms with E-state index in [9.17, 15) is 4.79 Å². The number of benzene rings is 1. The summed E-state index contributed by atoms with van der Waals surface area (Å²) in [4.78, 5) is 11.9. The third-order valence-electron chi connectivity index (χ3n) is 3.26. The Balaban J connectivity index is 0.00000242. The Morgan fingerprint density at radius 1 is 1.14 bits per heavy atom. The van der Waals surface area contributed by atoms with Gasteiger partial charge in [0.1, 0.15) is 13.2 Å². The van der Waals surface area contributed by atoms with E-state index in [1.54, 1.807) is 12.1 Å². The van der Waals surface area contributed by atoms with Crippen molar-refractivity contribution < 1.29 is 14.3 Å². The summed E-state index contributed by atoms with van der Waals surface area (Å²) < 4.78 is 10.9. The largest absolute Gasteiger partial charge is 0.486 e. The molecular weight excluding hydrogens is 327 g/mol. The molecule has 0 saturated carbocycles. The van der Waals surface area contributed by atoms with Crippen LogP contribution in [0.4, 0.5) is 5.69 Å². The smallest absolute Gasteiger partial charge is 0.224 e. The number of nitrogens with two attached hydrogens (primary N) is 1. The van der Waals surface area contributed by atoms with Gasteiger partial charge in [-0.1, -0.05) is 24.4 Å². The summed E-state index contributed by atoms with van der Waals surface area (Å²) in [5.41, 5.74) is 5.99. The van der Waals surface area contributed by atoms with Crippen LogP contribution >= 0.6 is 24.0 Å². The number of ether oxygens (including phenoxy) is 2. The van der Waals surface area contributed by atoms with E-state index < -0.39 is 0 Å². The molecule has 1 aliphatic heterocycles. The van der Waals surface area contributed by atoms with Crippen molar-refractivity contribution in [1.82, 2.24) is 0 Å². The van der Waals surface area contributed by atoms with E-state index >= 15 is 0 Å². The average molecular weight is 349 g/mol. The van der Waals surface area contributed by atoms with Gasteiger partial charge in [0.05, 0.1) is 10.7 Å². The number of carbonyl (C=O) groups excluding carboxylic acids is 1. The van der Waals surface area contributed by atoms with Gasteiger partial charge in [-0.25, -0.2) is 0 Å². The summed E-state index contributed by atoms with van der Waals surface area (Å²) in [6.45, 7) is 1.72. The number of halogens is 2. The molecule has 0 saturated heterocycles. The molecule has 124 valence electrons. The Morgan fingerprint density at radius 2 is 1.77 bits per heavy atom. The first-order valence-corrected chi connectivity index (χ1v) is 7.67. The third-order valence-corrected chi connectivity index (χ3v) is 3.58. The van der Waals surface area contributed by atoms with E-state index in [4.69, 9.17) is 26.8 Å². The minimum Gasteiger partial charge on any atom is -0.486 e. The number of anilines is 1. The zero-order chi connectivity index (χ0) is 15.1. The third kappa shape index (κ3) is 5.55. The number of hydrogen-bond acceptors (Lipinski definition) is 4. The summed E-state index contributed by atoms with van der Waals surface area (Å²) in [5.74, 6) is 1.19. The van der Waals surface area contributed by atoms with Crippen molar-refractivity contribution in [3.05, 3.63) is 17.2 Å². The number of amides is 1. The summed E-state index contributed by atoms with van der Waals surface area (Å²) in [6, 6.07) is 3.38. The van der Waals surface area contributed by atoms with Gasteiger partial charge in [0.2, 0.25) is 5.91 Å².